The van der Waals surface area contributed by atoms with Gasteiger partial charge in [0.05, 0.1) is 0 Å². The fourth-order valence-electron chi connectivity index (χ4n) is 5.87. The van der Waals surface area contributed by atoms with Gasteiger partial charge in [-0.2, -0.15) is 0 Å². The van der Waals surface area contributed by atoms with E-state index in [1.165, 1.54) is 6.26 Å². The SMILES string of the molecule is CS(=O)(=O)C1CN2C3CC[C@@H]2C[C@H](C2CCC(Cl)CC2)C3C1=O. The van der Waals surface area contributed by atoms with Crippen molar-refractivity contribution in [2.75, 3.05) is 12.8 Å². The third-order valence-electron chi connectivity index (χ3n) is 6.96. The smallest absolute Gasteiger partial charge is 0.158 e. The van der Waals surface area contributed by atoms with Crippen LogP contribution in [0.4, 0.5) is 0 Å². The molecule has 6 atom stereocenters. The standard InChI is InChI=1S/C17H26ClNO3S/c1-23(21,22)15-9-19-12-6-7-14(19)16(17(15)20)13(8-12)10-2-4-11(18)5-3-10/h10-16H,2-9H2,1H3/t10?,11?,12-,13-,14?,15?,16?/m1/s1. The Bertz CT molecular complexity index is 599. The van der Waals surface area contributed by atoms with Crippen molar-refractivity contribution < 1.29 is 13.2 Å². The molecule has 0 amide bonds. The average molecular weight is 360 g/mol. The molecule has 0 aromatic rings. The Kier molecular flexibility index (Phi) is 4.05. The van der Waals surface area contributed by atoms with Crippen LogP contribution in [0.25, 0.3) is 0 Å². The second-order valence-corrected chi connectivity index (χ2v) is 11.0. The molecule has 0 aromatic carbocycles. The van der Waals surface area contributed by atoms with Gasteiger partial charge in [-0.1, -0.05) is 0 Å². The highest BCUT2D eigenvalue weighted by molar-refractivity contribution is 7.92. The van der Waals surface area contributed by atoms with Crippen molar-refractivity contribution in [3.05, 3.63) is 0 Å². The van der Waals surface area contributed by atoms with Gasteiger partial charge in [0.15, 0.2) is 15.6 Å². The average Bonchev–Trinajstić information content (AvgIpc) is 2.75. The minimum absolute atomic E-state index is 0.0205. The van der Waals surface area contributed by atoms with E-state index >= 15 is 0 Å². The van der Waals surface area contributed by atoms with Crippen LogP contribution in [0.15, 0.2) is 0 Å². The van der Waals surface area contributed by atoms with Crippen LogP contribution in [0.5, 0.6) is 0 Å². The molecule has 3 saturated heterocycles. The van der Waals surface area contributed by atoms with Gasteiger partial charge in [0.1, 0.15) is 5.25 Å². The van der Waals surface area contributed by atoms with Crippen molar-refractivity contribution in [3.8, 4) is 0 Å². The number of Topliss-reactive ketones (excluding diaryl/α,β-unsaturated/α-hetero) is 1. The molecule has 1 saturated carbocycles. The monoisotopic (exact) mass is 359 g/mol. The molecule has 130 valence electrons. The number of hydrogen-bond acceptors (Lipinski definition) is 4. The Morgan fingerprint density at radius 1 is 1.09 bits per heavy atom. The van der Waals surface area contributed by atoms with Crippen molar-refractivity contribution in [1.29, 1.82) is 0 Å². The molecular weight excluding hydrogens is 334 g/mol. The summed E-state index contributed by atoms with van der Waals surface area (Å²) in [4.78, 5) is 15.4. The van der Waals surface area contributed by atoms with Crippen molar-refractivity contribution >= 4 is 27.2 Å². The summed E-state index contributed by atoms with van der Waals surface area (Å²) in [5, 5.41) is -0.509. The van der Waals surface area contributed by atoms with Crippen LogP contribution < -0.4 is 0 Å². The largest absolute Gasteiger partial charge is 0.298 e. The number of nitrogens with zero attached hydrogens (tertiary/aromatic N) is 1. The van der Waals surface area contributed by atoms with Crippen LogP contribution in [-0.4, -0.2) is 54.6 Å². The van der Waals surface area contributed by atoms with Crippen LogP contribution in [-0.2, 0) is 14.6 Å². The van der Waals surface area contributed by atoms with Crippen LogP contribution >= 0.6 is 11.6 Å². The molecule has 0 spiro atoms. The van der Waals surface area contributed by atoms with Gasteiger partial charge >= 0.3 is 0 Å². The maximum absolute atomic E-state index is 13.1. The first-order chi connectivity index (χ1) is 10.9. The molecule has 0 N–H and O–H groups in total. The van der Waals surface area contributed by atoms with E-state index in [4.69, 9.17) is 11.6 Å². The number of alkyl halides is 1. The molecule has 6 heteroatoms. The summed E-state index contributed by atoms with van der Waals surface area (Å²) < 4.78 is 24.2. The Hall–Kier alpha value is -0.130. The Labute approximate surface area is 143 Å². The lowest BCUT2D eigenvalue weighted by molar-refractivity contribution is -0.136. The van der Waals surface area contributed by atoms with Crippen LogP contribution in [0.2, 0.25) is 0 Å². The first-order valence-electron chi connectivity index (χ1n) is 8.98. The maximum Gasteiger partial charge on any atom is 0.158 e. The third-order valence-corrected chi connectivity index (χ3v) is 8.81. The lowest BCUT2D eigenvalue weighted by Crippen LogP contribution is -2.63. The summed E-state index contributed by atoms with van der Waals surface area (Å²) in [5.74, 6) is 0.902. The minimum Gasteiger partial charge on any atom is -0.298 e. The lowest BCUT2D eigenvalue weighted by Gasteiger charge is -2.52. The predicted molar refractivity (Wildman–Crippen MR) is 90.4 cm³/mol. The zero-order valence-corrected chi connectivity index (χ0v) is 15.2. The molecule has 3 heterocycles. The van der Waals surface area contributed by atoms with Gasteiger partial charge in [0.25, 0.3) is 0 Å². The fraction of sp³-hybridized carbons (Fsp3) is 0.941. The zero-order valence-electron chi connectivity index (χ0n) is 13.7. The van der Waals surface area contributed by atoms with E-state index in [-0.39, 0.29) is 17.1 Å². The Morgan fingerprint density at radius 2 is 1.78 bits per heavy atom. The predicted octanol–water partition coefficient (Wildman–Crippen LogP) is 2.25. The Morgan fingerprint density at radius 3 is 2.43 bits per heavy atom. The van der Waals surface area contributed by atoms with Gasteiger partial charge in [-0.15, -0.1) is 11.6 Å². The number of sulfone groups is 1. The molecule has 1 aliphatic carbocycles. The van der Waals surface area contributed by atoms with E-state index in [9.17, 15) is 13.2 Å². The molecule has 4 nitrogen and oxygen atoms in total. The first-order valence-corrected chi connectivity index (χ1v) is 11.4. The highest BCUT2D eigenvalue weighted by atomic mass is 35.5. The third kappa shape index (κ3) is 2.67. The summed E-state index contributed by atoms with van der Waals surface area (Å²) >= 11 is 6.25. The molecule has 4 unspecified atom stereocenters. The lowest BCUT2D eigenvalue weighted by atomic mass is 9.65. The van der Waals surface area contributed by atoms with Gasteiger partial charge in [0, 0.05) is 36.2 Å². The summed E-state index contributed by atoms with van der Waals surface area (Å²) in [6.07, 6.45) is 8.80. The van der Waals surface area contributed by atoms with Gasteiger partial charge < -0.3 is 0 Å². The highest BCUT2D eigenvalue weighted by Gasteiger charge is 2.58. The molecule has 0 radical (unpaired) electrons. The molecule has 3 aliphatic heterocycles. The number of ketones is 1. The number of carbonyl (C=O) groups is 1. The quantitative estimate of drug-likeness (QED) is 0.709. The second kappa shape index (κ2) is 5.70. The van der Waals surface area contributed by atoms with E-state index in [2.05, 4.69) is 4.90 Å². The van der Waals surface area contributed by atoms with Gasteiger partial charge in [0.2, 0.25) is 0 Å². The van der Waals surface area contributed by atoms with Crippen molar-refractivity contribution in [2.24, 2.45) is 17.8 Å². The number of hydrogen-bond donors (Lipinski definition) is 0. The summed E-state index contributed by atoms with van der Waals surface area (Å²) in [7, 11) is -3.31. The second-order valence-electron chi connectivity index (χ2n) is 8.15. The van der Waals surface area contributed by atoms with Crippen molar-refractivity contribution in [3.63, 3.8) is 0 Å². The van der Waals surface area contributed by atoms with Crippen LogP contribution in [0.1, 0.15) is 44.9 Å². The van der Waals surface area contributed by atoms with E-state index in [0.29, 0.717) is 30.5 Å². The van der Waals surface area contributed by atoms with Crippen molar-refractivity contribution in [2.45, 2.75) is 67.7 Å². The van der Waals surface area contributed by atoms with E-state index in [1.807, 2.05) is 0 Å². The van der Waals surface area contributed by atoms with E-state index < -0.39 is 15.1 Å². The molecule has 4 fully saturated rings. The molecule has 0 aromatic heterocycles. The van der Waals surface area contributed by atoms with Gasteiger partial charge in [-0.25, -0.2) is 8.42 Å². The normalized spacial score (nSPS) is 50.1. The topological polar surface area (TPSA) is 54.5 Å². The fourth-order valence-corrected chi connectivity index (χ4v) is 7.14. The minimum atomic E-state index is -3.31. The molecule has 4 bridgehead atoms. The molecular formula is C17H26ClNO3S. The number of piperidine rings is 2. The number of halogens is 1. The summed E-state index contributed by atoms with van der Waals surface area (Å²) in [6.45, 7) is 0.435. The molecule has 4 aliphatic rings. The highest BCUT2D eigenvalue weighted by Crippen LogP contribution is 2.51. The van der Waals surface area contributed by atoms with E-state index in [0.717, 1.165) is 44.9 Å². The summed E-state index contributed by atoms with van der Waals surface area (Å²) in [6, 6.07) is 0.797. The van der Waals surface area contributed by atoms with Crippen LogP contribution in [0, 0.1) is 17.8 Å². The van der Waals surface area contributed by atoms with Gasteiger partial charge in [-0.05, 0) is 56.8 Å². The zero-order chi connectivity index (χ0) is 16.4. The van der Waals surface area contributed by atoms with E-state index in [1.54, 1.807) is 0 Å². The maximum atomic E-state index is 13.1. The number of rotatable bonds is 2. The number of carbonyl (C=O) groups excluding carboxylic acids is 1. The Balaban J connectivity index is 1.64. The van der Waals surface area contributed by atoms with Crippen molar-refractivity contribution in [1.82, 2.24) is 4.90 Å². The first kappa shape index (κ1) is 16.3. The van der Waals surface area contributed by atoms with Crippen LogP contribution in [0.3, 0.4) is 0 Å². The summed E-state index contributed by atoms with van der Waals surface area (Å²) in [5.41, 5.74) is 0. The van der Waals surface area contributed by atoms with Gasteiger partial charge in [-0.3, -0.25) is 9.69 Å². The molecule has 23 heavy (non-hydrogen) atoms. The molecule has 4 rings (SSSR count).